The highest BCUT2D eigenvalue weighted by atomic mass is 32.2. The zero-order chi connectivity index (χ0) is 26.6. The maximum absolute atomic E-state index is 12.9. The maximum atomic E-state index is 12.9. The van der Waals surface area contributed by atoms with Crippen molar-refractivity contribution in [3.05, 3.63) is 92.9 Å². The van der Waals surface area contributed by atoms with Gasteiger partial charge in [-0.3, -0.25) is 29.4 Å². The van der Waals surface area contributed by atoms with E-state index < -0.39 is 28.5 Å². The molecule has 2 aliphatic rings. The van der Waals surface area contributed by atoms with Crippen LogP contribution >= 0.6 is 11.8 Å². The van der Waals surface area contributed by atoms with Crippen LogP contribution < -0.4 is 19.5 Å². The summed E-state index contributed by atoms with van der Waals surface area (Å²) in [7, 11) is 0. The number of benzene rings is 3. The first kappa shape index (κ1) is 24.8. The molecule has 0 bridgehead atoms. The molecule has 192 valence electrons. The van der Waals surface area contributed by atoms with Crippen LogP contribution in [0.5, 0.6) is 17.2 Å². The quantitative estimate of drug-likeness (QED) is 0.251. The highest BCUT2D eigenvalue weighted by Crippen LogP contribution is 2.35. The van der Waals surface area contributed by atoms with Crippen molar-refractivity contribution in [3.63, 3.8) is 0 Å². The molecule has 1 N–H and O–H groups in total. The van der Waals surface area contributed by atoms with Gasteiger partial charge in [0, 0.05) is 29.4 Å². The summed E-state index contributed by atoms with van der Waals surface area (Å²) in [5.74, 6) is 0.380. The van der Waals surface area contributed by atoms with Gasteiger partial charge in [-0.15, -0.1) is 0 Å². The first-order valence-corrected chi connectivity index (χ1v) is 12.1. The molecule has 0 unspecified atom stereocenters. The van der Waals surface area contributed by atoms with Gasteiger partial charge in [0.1, 0.15) is 18.9 Å². The lowest BCUT2D eigenvalue weighted by atomic mass is 10.1. The summed E-state index contributed by atoms with van der Waals surface area (Å²) in [5, 5.41) is 12.9. The number of nitro benzene ring substituents is 1. The van der Waals surface area contributed by atoms with Crippen LogP contribution in [0.1, 0.15) is 11.1 Å². The van der Waals surface area contributed by atoms with Gasteiger partial charge in [-0.2, -0.15) is 0 Å². The molecule has 2 aliphatic heterocycles. The minimum atomic E-state index is -0.592. The molecule has 3 aromatic rings. The van der Waals surface area contributed by atoms with E-state index in [9.17, 15) is 24.5 Å². The molecular weight excluding hydrogens is 514 g/mol. The average molecular weight is 534 g/mol. The third-order valence-corrected chi connectivity index (χ3v) is 6.49. The fourth-order valence-corrected chi connectivity index (χ4v) is 4.53. The Balaban J connectivity index is 1.24. The number of rotatable bonds is 8. The number of non-ortho nitro benzene ring substituents is 1. The first-order chi connectivity index (χ1) is 18.4. The van der Waals surface area contributed by atoms with Crippen LogP contribution in [0, 0.1) is 10.1 Å². The normalized spacial score (nSPS) is 15.2. The molecule has 1 saturated heterocycles. The Labute approximate surface area is 220 Å². The third kappa shape index (κ3) is 5.44. The van der Waals surface area contributed by atoms with Crippen molar-refractivity contribution in [1.82, 2.24) is 4.90 Å². The second-order valence-electron chi connectivity index (χ2n) is 8.13. The van der Waals surface area contributed by atoms with Crippen molar-refractivity contribution in [2.45, 2.75) is 6.61 Å². The predicted octanol–water partition coefficient (Wildman–Crippen LogP) is 4.58. The number of nitrogens with zero attached hydrogens (tertiary/aromatic N) is 2. The largest absolute Gasteiger partial charge is 0.488 e. The van der Waals surface area contributed by atoms with Crippen molar-refractivity contribution < 1.29 is 33.5 Å². The summed E-state index contributed by atoms with van der Waals surface area (Å²) in [6.45, 7) is -0.208. The van der Waals surface area contributed by atoms with Gasteiger partial charge >= 0.3 is 0 Å². The third-order valence-electron chi connectivity index (χ3n) is 5.58. The molecule has 38 heavy (non-hydrogen) atoms. The fraction of sp³-hybridized carbons (Fsp3) is 0.115. The van der Waals surface area contributed by atoms with E-state index in [0.29, 0.717) is 28.5 Å². The van der Waals surface area contributed by atoms with Crippen LogP contribution in [0.3, 0.4) is 0 Å². The fourth-order valence-electron chi connectivity index (χ4n) is 3.70. The number of fused-ring (bicyclic) bond motifs is 1. The number of anilines is 1. The van der Waals surface area contributed by atoms with Gasteiger partial charge in [-0.25, -0.2) is 0 Å². The topological polar surface area (TPSA) is 137 Å². The van der Waals surface area contributed by atoms with E-state index in [-0.39, 0.29) is 24.0 Å². The van der Waals surface area contributed by atoms with Gasteiger partial charge in [0.05, 0.1) is 9.83 Å². The van der Waals surface area contributed by atoms with Crippen LogP contribution in [0.4, 0.5) is 16.2 Å². The predicted molar refractivity (Wildman–Crippen MR) is 138 cm³/mol. The molecule has 11 nitrogen and oxygen atoms in total. The molecule has 0 spiro atoms. The summed E-state index contributed by atoms with van der Waals surface area (Å²) >= 11 is 0.731. The van der Waals surface area contributed by atoms with Crippen molar-refractivity contribution in [2.75, 3.05) is 18.7 Å². The highest BCUT2D eigenvalue weighted by Gasteiger charge is 2.36. The second-order valence-corrected chi connectivity index (χ2v) is 9.13. The van der Waals surface area contributed by atoms with E-state index in [0.717, 1.165) is 22.2 Å². The van der Waals surface area contributed by atoms with Crippen LogP contribution in [0.2, 0.25) is 0 Å². The Morgan fingerprint density at radius 1 is 1.08 bits per heavy atom. The van der Waals surface area contributed by atoms with Gasteiger partial charge in [-0.1, -0.05) is 18.2 Å². The molecule has 5 rings (SSSR count). The second kappa shape index (κ2) is 10.6. The molecule has 3 amide bonds. The molecule has 0 saturated carbocycles. The van der Waals surface area contributed by atoms with Crippen LogP contribution in [0.15, 0.2) is 71.6 Å². The molecule has 12 heteroatoms. The monoisotopic (exact) mass is 533 g/mol. The molecule has 0 radical (unpaired) electrons. The summed E-state index contributed by atoms with van der Waals surface area (Å²) in [4.78, 5) is 49.4. The van der Waals surface area contributed by atoms with Gasteiger partial charge in [0.25, 0.3) is 16.8 Å². The highest BCUT2D eigenvalue weighted by molar-refractivity contribution is 8.18. The first-order valence-electron chi connectivity index (χ1n) is 11.3. The Hall–Kier alpha value is -4.84. The van der Waals surface area contributed by atoms with Gasteiger partial charge in [0.2, 0.25) is 12.7 Å². The number of para-hydroxylation sites is 1. The van der Waals surface area contributed by atoms with E-state index in [1.807, 2.05) is 0 Å². The Morgan fingerprint density at radius 3 is 2.63 bits per heavy atom. The average Bonchev–Trinajstić information content (AvgIpc) is 3.48. The number of carbonyl (C=O) groups excluding carboxylic acids is 3. The lowest BCUT2D eigenvalue weighted by Gasteiger charge is -2.13. The Morgan fingerprint density at radius 2 is 1.84 bits per heavy atom. The summed E-state index contributed by atoms with van der Waals surface area (Å²) in [6, 6.07) is 17.8. The molecule has 3 aromatic carbocycles. The molecule has 2 heterocycles. The van der Waals surface area contributed by atoms with Crippen molar-refractivity contribution in [2.24, 2.45) is 0 Å². The number of carbonyl (C=O) groups is 3. The number of nitro groups is 1. The minimum Gasteiger partial charge on any atom is -0.488 e. The van der Waals surface area contributed by atoms with E-state index >= 15 is 0 Å². The Bertz CT molecular complexity index is 1470. The molecule has 0 aromatic heterocycles. The van der Waals surface area contributed by atoms with Crippen LogP contribution in [-0.2, 0) is 16.2 Å². The molecular formula is C26H19N3O8S. The number of amides is 3. The zero-order valence-corrected chi connectivity index (χ0v) is 20.4. The standard InChI is InChI=1S/C26H19N3O8S/c30-24(27-18-7-10-21-22(12-18)37-15-36-21)13-28-25(31)23(38-26(28)32)11-17-3-1-2-4-20(17)35-14-16-5-8-19(9-6-16)29(33)34/h1-12H,13-15H2,(H,27,30)/b23-11-. The van der Waals surface area contributed by atoms with Crippen molar-refractivity contribution in [1.29, 1.82) is 0 Å². The van der Waals surface area contributed by atoms with Gasteiger partial charge in [0.15, 0.2) is 11.5 Å². The number of hydrogen-bond donors (Lipinski definition) is 1. The van der Waals surface area contributed by atoms with E-state index in [1.54, 1.807) is 54.6 Å². The number of hydrogen-bond acceptors (Lipinski definition) is 9. The number of imide groups is 1. The lowest BCUT2D eigenvalue weighted by molar-refractivity contribution is -0.384. The summed E-state index contributed by atoms with van der Waals surface area (Å²) in [6.07, 6.45) is 1.53. The SMILES string of the molecule is O=C(CN1C(=O)S/C(=C\c2ccccc2OCc2ccc([N+](=O)[O-])cc2)C1=O)Nc1ccc2c(c1)OCO2. The number of ether oxygens (including phenoxy) is 3. The zero-order valence-electron chi connectivity index (χ0n) is 19.6. The molecule has 0 aliphatic carbocycles. The summed E-state index contributed by atoms with van der Waals surface area (Å²) in [5.41, 5.74) is 1.71. The van der Waals surface area contributed by atoms with Crippen LogP contribution in [0.25, 0.3) is 6.08 Å². The smallest absolute Gasteiger partial charge is 0.294 e. The molecule has 1 fully saturated rings. The lowest BCUT2D eigenvalue weighted by Crippen LogP contribution is -2.36. The van der Waals surface area contributed by atoms with Gasteiger partial charge in [-0.05, 0) is 53.7 Å². The van der Waals surface area contributed by atoms with Gasteiger partial charge < -0.3 is 19.5 Å². The number of thioether (sulfide) groups is 1. The van der Waals surface area contributed by atoms with Crippen molar-refractivity contribution >= 4 is 46.3 Å². The van der Waals surface area contributed by atoms with Crippen molar-refractivity contribution in [3.8, 4) is 17.2 Å². The van der Waals surface area contributed by atoms with Crippen LogP contribution in [-0.4, -0.2) is 40.2 Å². The molecule has 0 atom stereocenters. The minimum absolute atomic E-state index is 0.0190. The maximum Gasteiger partial charge on any atom is 0.294 e. The Kier molecular flexibility index (Phi) is 6.96. The number of nitrogens with one attached hydrogen (secondary N) is 1. The van der Waals surface area contributed by atoms with E-state index in [4.69, 9.17) is 14.2 Å². The van der Waals surface area contributed by atoms with E-state index in [2.05, 4.69) is 5.32 Å². The summed E-state index contributed by atoms with van der Waals surface area (Å²) < 4.78 is 16.4. The van der Waals surface area contributed by atoms with E-state index in [1.165, 1.54) is 18.2 Å².